The van der Waals surface area contributed by atoms with Crippen molar-refractivity contribution in [3.05, 3.63) is 49.6 Å². The lowest BCUT2D eigenvalue weighted by Gasteiger charge is -2.46. The number of allylic oxidation sites excluding steroid dienone is 6. The molecule has 2 unspecified atom stereocenters. The molecule has 0 aromatic heterocycles. The van der Waals surface area contributed by atoms with Crippen molar-refractivity contribution in [3.8, 4) is 0 Å². The Hall–Kier alpha value is -0.686. The van der Waals surface area contributed by atoms with Crippen LogP contribution in [0, 0.1) is 10.8 Å². The first kappa shape index (κ1) is 31.3. The van der Waals surface area contributed by atoms with Gasteiger partial charge < -0.3 is 0 Å². The normalized spacial score (nSPS) is 18.0. The fourth-order valence-electron chi connectivity index (χ4n) is 3.61. The van der Waals surface area contributed by atoms with Crippen LogP contribution in [-0.4, -0.2) is 16.6 Å². The van der Waals surface area contributed by atoms with Crippen molar-refractivity contribution >= 4 is 16.6 Å². The third-order valence-electron chi connectivity index (χ3n) is 6.17. The van der Waals surface area contributed by atoms with Gasteiger partial charge in [-0.3, -0.25) is 9.15 Å². The summed E-state index contributed by atoms with van der Waals surface area (Å²) in [5.41, 5.74) is 0.301. The molecular formula is C28H54O2Si2. The van der Waals surface area contributed by atoms with E-state index in [-0.39, 0.29) is 20.9 Å². The van der Waals surface area contributed by atoms with Crippen LogP contribution in [0.4, 0.5) is 0 Å². The molecule has 0 bridgehead atoms. The maximum atomic E-state index is 6.77. The molecule has 0 fully saturated rings. The molecule has 0 spiro atoms. The highest BCUT2D eigenvalue weighted by Crippen LogP contribution is 2.48. The number of rotatable bonds is 11. The first-order chi connectivity index (χ1) is 14.2. The van der Waals surface area contributed by atoms with Crippen molar-refractivity contribution in [3.63, 3.8) is 0 Å². The number of hydrogen-bond donors (Lipinski definition) is 0. The van der Waals surface area contributed by atoms with E-state index in [9.17, 15) is 0 Å². The zero-order valence-electron chi connectivity index (χ0n) is 23.5. The molecule has 186 valence electrons. The van der Waals surface area contributed by atoms with Crippen LogP contribution in [0.25, 0.3) is 0 Å². The van der Waals surface area contributed by atoms with Gasteiger partial charge >= 0.3 is 0 Å². The molecule has 0 aliphatic carbocycles. The first-order valence-corrected chi connectivity index (χ1v) is 16.8. The molecule has 0 aliphatic heterocycles. The maximum absolute atomic E-state index is 6.77. The molecule has 0 rings (SSSR count). The fraction of sp³-hybridized carbons (Fsp3) is 0.714. The van der Waals surface area contributed by atoms with Gasteiger partial charge in [0.2, 0.25) is 16.6 Å². The third kappa shape index (κ3) is 10.1. The van der Waals surface area contributed by atoms with Crippen molar-refractivity contribution in [2.45, 2.75) is 117 Å². The summed E-state index contributed by atoms with van der Waals surface area (Å²) >= 11 is 0. The monoisotopic (exact) mass is 478 g/mol. The molecule has 0 aromatic carbocycles. The topological polar surface area (TPSA) is 18.5 Å². The highest BCUT2D eigenvalue weighted by molar-refractivity contribution is 6.80. The second-order valence-electron chi connectivity index (χ2n) is 13.6. The van der Waals surface area contributed by atoms with Crippen LogP contribution in [0.5, 0.6) is 0 Å². The van der Waals surface area contributed by atoms with Crippen molar-refractivity contribution in [2.75, 3.05) is 0 Å². The summed E-state index contributed by atoms with van der Waals surface area (Å²) in [7, 11) is -4.68. The summed E-state index contributed by atoms with van der Waals surface area (Å²) in [6.45, 7) is 35.3. The lowest BCUT2D eigenvalue weighted by Crippen LogP contribution is -2.53. The molecule has 32 heavy (non-hydrogen) atoms. The summed E-state index contributed by atoms with van der Waals surface area (Å²) in [4.78, 5) is 0. The standard InChI is InChI=1S/C28H54O2Si2/c1-15-21-31(27(9,10)11,23-17-19-25(3,4)5)29-30-32(22-16-2,28(12,13)14)24-18-20-26(6,7)8/h15-20H,1-2,21-24H2,3-14H3. The van der Waals surface area contributed by atoms with Crippen LogP contribution in [0.2, 0.25) is 34.3 Å². The molecule has 2 atom stereocenters. The molecule has 4 heteroatoms. The predicted molar refractivity (Wildman–Crippen MR) is 150 cm³/mol. The molecule has 0 saturated heterocycles. The van der Waals surface area contributed by atoms with Gasteiger partial charge in [0.25, 0.3) is 0 Å². The fourth-order valence-corrected chi connectivity index (χ4v) is 10.4. The second kappa shape index (κ2) is 11.6. The van der Waals surface area contributed by atoms with E-state index in [2.05, 4.69) is 121 Å². The molecule has 0 saturated carbocycles. The zero-order chi connectivity index (χ0) is 25.5. The summed E-state index contributed by atoms with van der Waals surface area (Å²) in [6, 6.07) is 3.57. The lowest BCUT2D eigenvalue weighted by atomic mass is 9.97. The van der Waals surface area contributed by atoms with Crippen LogP contribution >= 0.6 is 0 Å². The lowest BCUT2D eigenvalue weighted by molar-refractivity contribution is -0.136. The van der Waals surface area contributed by atoms with Crippen LogP contribution in [0.15, 0.2) is 49.6 Å². The molecule has 0 radical (unpaired) electrons. The summed E-state index contributed by atoms with van der Waals surface area (Å²) in [6.07, 6.45) is 13.3. The first-order valence-electron chi connectivity index (χ1n) is 12.2. The molecule has 0 amide bonds. The van der Waals surface area contributed by atoms with Crippen molar-refractivity contribution in [2.24, 2.45) is 10.8 Å². The van der Waals surface area contributed by atoms with E-state index in [0.29, 0.717) is 0 Å². The molecule has 0 heterocycles. The van der Waals surface area contributed by atoms with E-state index in [0.717, 1.165) is 24.2 Å². The minimum atomic E-state index is -2.34. The van der Waals surface area contributed by atoms with Gasteiger partial charge in [0, 0.05) is 0 Å². The van der Waals surface area contributed by atoms with Crippen LogP contribution in [0.1, 0.15) is 83.1 Å². The Morgan fingerprint density at radius 3 is 1.00 bits per heavy atom. The molecule has 0 aliphatic rings. The quantitative estimate of drug-likeness (QED) is 0.127. The minimum Gasteiger partial charge on any atom is -0.296 e. The van der Waals surface area contributed by atoms with Gasteiger partial charge in [-0.25, -0.2) is 0 Å². The Morgan fingerprint density at radius 2 is 0.812 bits per heavy atom. The van der Waals surface area contributed by atoms with Gasteiger partial charge in [-0.2, -0.15) is 0 Å². The zero-order valence-corrected chi connectivity index (χ0v) is 25.5. The molecular weight excluding hydrogens is 424 g/mol. The van der Waals surface area contributed by atoms with Crippen LogP contribution in [-0.2, 0) is 9.15 Å². The van der Waals surface area contributed by atoms with E-state index in [1.165, 1.54) is 0 Å². The Morgan fingerprint density at radius 1 is 0.531 bits per heavy atom. The number of hydrogen-bond acceptors (Lipinski definition) is 2. The SMILES string of the molecule is C=CC[Si](CC=CC(C)(C)C)(OO[Si](CC=C)(CC=CC(C)(C)C)C(C)(C)C)C(C)(C)C. The summed E-state index contributed by atoms with van der Waals surface area (Å²) in [5.74, 6) is 0. The van der Waals surface area contributed by atoms with E-state index in [1.807, 2.05) is 12.2 Å². The summed E-state index contributed by atoms with van der Waals surface area (Å²) < 4.78 is 13.5. The van der Waals surface area contributed by atoms with E-state index < -0.39 is 16.6 Å². The minimum absolute atomic E-state index is 0.0108. The van der Waals surface area contributed by atoms with Gasteiger partial charge in [-0.05, 0) is 45.1 Å². The van der Waals surface area contributed by atoms with E-state index >= 15 is 0 Å². The molecule has 0 N–H and O–H groups in total. The maximum Gasteiger partial charge on any atom is 0.250 e. The van der Waals surface area contributed by atoms with Gasteiger partial charge in [0.05, 0.1) is 0 Å². The van der Waals surface area contributed by atoms with Crippen LogP contribution < -0.4 is 0 Å². The second-order valence-corrected chi connectivity index (χ2v) is 22.5. The predicted octanol–water partition coefficient (Wildman–Crippen LogP) is 10.0. The average Bonchev–Trinajstić information content (AvgIpc) is 2.55. The van der Waals surface area contributed by atoms with Gasteiger partial charge in [-0.15, -0.1) is 13.2 Å². The summed E-state index contributed by atoms with van der Waals surface area (Å²) in [5, 5.41) is 0.0216. The third-order valence-corrected chi connectivity index (χ3v) is 16.3. The largest absolute Gasteiger partial charge is 0.296 e. The van der Waals surface area contributed by atoms with Crippen LogP contribution in [0.3, 0.4) is 0 Å². The van der Waals surface area contributed by atoms with E-state index in [1.54, 1.807) is 0 Å². The Labute approximate surface area is 203 Å². The molecule has 2 nitrogen and oxygen atoms in total. The van der Waals surface area contributed by atoms with Gasteiger partial charge in [0.1, 0.15) is 0 Å². The Balaban J connectivity index is 6.23. The Bertz CT molecular complexity index is 593. The van der Waals surface area contributed by atoms with Gasteiger partial charge in [-0.1, -0.05) is 120 Å². The highest BCUT2D eigenvalue weighted by atomic mass is 28.4. The van der Waals surface area contributed by atoms with Crippen molar-refractivity contribution in [1.29, 1.82) is 0 Å². The average molecular weight is 479 g/mol. The smallest absolute Gasteiger partial charge is 0.250 e. The van der Waals surface area contributed by atoms with Crippen molar-refractivity contribution in [1.82, 2.24) is 0 Å². The van der Waals surface area contributed by atoms with Crippen molar-refractivity contribution < 1.29 is 9.15 Å². The molecule has 0 aromatic rings. The van der Waals surface area contributed by atoms with E-state index in [4.69, 9.17) is 9.15 Å². The van der Waals surface area contributed by atoms with Gasteiger partial charge in [0.15, 0.2) is 0 Å². The highest BCUT2D eigenvalue weighted by Gasteiger charge is 2.52. The Kier molecular flexibility index (Phi) is 11.4.